The predicted octanol–water partition coefficient (Wildman–Crippen LogP) is 2.80. The van der Waals surface area contributed by atoms with Crippen molar-refractivity contribution in [3.63, 3.8) is 0 Å². The largest absolute Gasteiger partial charge is 0.381 e. The van der Waals surface area contributed by atoms with Gasteiger partial charge in [-0.15, -0.1) is 11.6 Å². The molecule has 0 aromatic rings. The fraction of sp³-hybridized carbons (Fsp3) is 1.00. The second kappa shape index (κ2) is 7.16. The molecular weight excluding hydrogens is 151 g/mol. The summed E-state index contributed by atoms with van der Waals surface area (Å²) in [4.78, 5) is 0. The molecule has 0 bridgehead atoms. The van der Waals surface area contributed by atoms with E-state index in [1.54, 1.807) is 0 Å². The number of rotatable bonds is 6. The number of hydrogen-bond donors (Lipinski definition) is 0. The Morgan fingerprint density at radius 1 is 1.27 bits per heavy atom. The van der Waals surface area contributed by atoms with E-state index in [9.17, 15) is 0 Å². The van der Waals surface area contributed by atoms with Crippen molar-refractivity contribution in [1.29, 1.82) is 0 Å². The summed E-state index contributed by atoms with van der Waals surface area (Å²) in [5, 5.41) is 1.43. The van der Waals surface area contributed by atoms with Gasteiger partial charge in [-0.3, -0.25) is 0 Å². The molecule has 0 atom stereocenters. The Labute approximate surface area is 75.5 Å². The van der Waals surface area contributed by atoms with Crippen LogP contribution in [-0.2, 0) is 4.74 Å². The first kappa shape index (κ1) is 11.5. The van der Waals surface area contributed by atoms with E-state index in [4.69, 9.17) is 4.74 Å². The van der Waals surface area contributed by atoms with Crippen LogP contribution in [-0.4, -0.2) is 27.4 Å². The summed E-state index contributed by atoms with van der Waals surface area (Å²) in [6, 6.07) is 0. The normalized spacial score (nSPS) is 10.6. The molecule has 0 amide bonds. The van der Waals surface area contributed by atoms with Crippen LogP contribution in [0.2, 0.25) is 16.9 Å². The average molecular weight is 172 g/mol. The van der Waals surface area contributed by atoms with Gasteiger partial charge in [-0.05, 0) is 12.3 Å². The van der Waals surface area contributed by atoms with Crippen LogP contribution in [0.3, 0.4) is 0 Å². The predicted molar refractivity (Wildman–Crippen MR) is 52.6 cm³/mol. The van der Waals surface area contributed by atoms with Crippen LogP contribution >= 0.6 is 0 Å². The molecule has 0 unspecified atom stereocenters. The van der Waals surface area contributed by atoms with Gasteiger partial charge in [-0.2, -0.15) is 0 Å². The van der Waals surface area contributed by atoms with Crippen molar-refractivity contribution in [2.75, 3.05) is 13.2 Å². The van der Waals surface area contributed by atoms with E-state index in [0.717, 1.165) is 13.2 Å². The standard InChI is InChI=1S/C7H15O.2CH3.Al/c1-4-5-8-6-7(2)3;;;/h7H,1,4-6H2,2-3H3;2*1H3;. The molecule has 1 nitrogen and oxygen atoms in total. The van der Waals surface area contributed by atoms with E-state index >= 15 is 0 Å². The van der Waals surface area contributed by atoms with Gasteiger partial charge in [0.25, 0.3) is 14.1 Å². The lowest BCUT2D eigenvalue weighted by Gasteiger charge is -2.06. The van der Waals surface area contributed by atoms with Crippen molar-refractivity contribution in [3.8, 4) is 0 Å². The third-order valence-corrected chi connectivity index (χ3v) is 3.08. The van der Waals surface area contributed by atoms with Gasteiger partial charge in [0, 0.05) is 13.2 Å². The van der Waals surface area contributed by atoms with Crippen LogP contribution in [0.4, 0.5) is 0 Å². The van der Waals surface area contributed by atoms with Crippen LogP contribution in [0.15, 0.2) is 0 Å². The molecule has 0 saturated heterocycles. The van der Waals surface area contributed by atoms with Crippen LogP contribution < -0.4 is 0 Å². The van der Waals surface area contributed by atoms with Gasteiger partial charge in [-0.1, -0.05) is 19.1 Å². The van der Waals surface area contributed by atoms with Gasteiger partial charge in [0.05, 0.1) is 0 Å². The summed E-state index contributed by atoms with van der Waals surface area (Å²) in [5.74, 6) is 5.47. The Bertz CT molecular complexity index is 71.6. The van der Waals surface area contributed by atoms with Crippen molar-refractivity contribution in [2.24, 2.45) is 5.92 Å². The Hall–Kier alpha value is 0.492. The average Bonchev–Trinajstić information content (AvgIpc) is 1.85. The maximum Gasteiger partial charge on any atom is 0.255 e. The van der Waals surface area contributed by atoms with Crippen molar-refractivity contribution in [3.05, 3.63) is 0 Å². The first-order chi connectivity index (χ1) is 5.13. The smallest absolute Gasteiger partial charge is 0.255 e. The maximum absolute atomic E-state index is 5.47. The maximum atomic E-state index is 5.47. The van der Waals surface area contributed by atoms with Crippen LogP contribution in [0.1, 0.15) is 20.3 Å². The zero-order valence-corrected chi connectivity index (χ0v) is 9.55. The van der Waals surface area contributed by atoms with Gasteiger partial charge in [0.15, 0.2) is 0 Å². The lowest BCUT2D eigenvalue weighted by Crippen LogP contribution is -2.06. The molecule has 66 valence electrons. The number of hydrogen-bond acceptors (Lipinski definition) is 1. The number of ether oxygens (including phenoxy) is 1. The Morgan fingerprint density at radius 2 is 1.91 bits per heavy atom. The molecule has 0 heterocycles. The lowest BCUT2D eigenvalue weighted by molar-refractivity contribution is 0.110. The zero-order valence-electron chi connectivity index (χ0n) is 8.39. The summed E-state index contributed by atoms with van der Waals surface area (Å²) in [6.07, 6.45) is 1.27. The van der Waals surface area contributed by atoms with Crippen LogP contribution in [0, 0.1) is 5.92 Å². The van der Waals surface area contributed by atoms with Crippen molar-refractivity contribution in [2.45, 2.75) is 37.1 Å². The lowest BCUT2D eigenvalue weighted by atomic mass is 10.2. The Morgan fingerprint density at radius 3 is 2.36 bits per heavy atom. The molecule has 0 aliphatic heterocycles. The van der Waals surface area contributed by atoms with E-state index in [1.807, 2.05) is 0 Å². The highest BCUT2D eigenvalue weighted by Crippen LogP contribution is 1.99. The molecule has 0 rings (SSSR count). The first-order valence-electron chi connectivity index (χ1n) is 4.70. The molecule has 0 aromatic carbocycles. The second-order valence-corrected chi connectivity index (χ2v) is 7.37. The molecule has 0 fully saturated rings. The minimum atomic E-state index is -0.318. The monoisotopic (exact) mass is 172 g/mol. The van der Waals surface area contributed by atoms with Crippen molar-refractivity contribution >= 4 is 14.1 Å². The molecule has 2 heteroatoms. The highest BCUT2D eigenvalue weighted by molar-refractivity contribution is 6.55. The third-order valence-electron chi connectivity index (χ3n) is 1.52. The SMILES string of the molecule is CC(C)COCC[CH2][Al]([CH3])[CH3]. The van der Waals surface area contributed by atoms with Gasteiger partial charge in [0.2, 0.25) is 0 Å². The third kappa shape index (κ3) is 10.5. The van der Waals surface area contributed by atoms with E-state index in [1.165, 1.54) is 11.7 Å². The molecule has 0 aliphatic rings. The summed E-state index contributed by atoms with van der Waals surface area (Å²) in [5.41, 5.74) is 0. The van der Waals surface area contributed by atoms with Crippen molar-refractivity contribution < 1.29 is 4.74 Å². The van der Waals surface area contributed by atoms with Crippen LogP contribution in [0.25, 0.3) is 0 Å². The summed E-state index contributed by atoms with van der Waals surface area (Å²) < 4.78 is 5.47. The molecule has 0 radical (unpaired) electrons. The summed E-state index contributed by atoms with van der Waals surface area (Å²) >= 11 is -0.318. The van der Waals surface area contributed by atoms with Gasteiger partial charge in [0.1, 0.15) is 0 Å². The fourth-order valence-electron chi connectivity index (χ4n) is 0.913. The quantitative estimate of drug-likeness (QED) is 0.442. The van der Waals surface area contributed by atoms with Gasteiger partial charge < -0.3 is 4.74 Å². The molecule has 0 spiro atoms. The van der Waals surface area contributed by atoms with E-state index in [-0.39, 0.29) is 14.1 Å². The van der Waals surface area contributed by atoms with Crippen LogP contribution in [0.5, 0.6) is 0 Å². The van der Waals surface area contributed by atoms with Crippen molar-refractivity contribution in [1.82, 2.24) is 0 Å². The molecule has 11 heavy (non-hydrogen) atoms. The zero-order chi connectivity index (χ0) is 8.69. The van der Waals surface area contributed by atoms with E-state index in [0.29, 0.717) is 5.92 Å². The Kier molecular flexibility index (Phi) is 7.48. The summed E-state index contributed by atoms with van der Waals surface area (Å²) in [7, 11) is 0. The molecule has 0 aromatic heterocycles. The molecule has 0 aliphatic carbocycles. The molecule has 0 N–H and O–H groups in total. The molecule has 0 saturated carbocycles. The second-order valence-electron chi connectivity index (χ2n) is 4.00. The summed E-state index contributed by atoms with van der Waals surface area (Å²) in [6.45, 7) is 6.29. The minimum absolute atomic E-state index is 0.318. The topological polar surface area (TPSA) is 9.23 Å². The van der Waals surface area contributed by atoms with E-state index < -0.39 is 0 Å². The highest BCUT2D eigenvalue weighted by atomic mass is 27.2. The minimum Gasteiger partial charge on any atom is -0.381 e. The molecular formula is C9H21AlO. The first-order valence-corrected chi connectivity index (χ1v) is 7.83. The fourth-order valence-corrected chi connectivity index (χ4v) is 1.90. The Balaban J connectivity index is 2.91. The van der Waals surface area contributed by atoms with E-state index in [2.05, 4.69) is 25.4 Å². The van der Waals surface area contributed by atoms with Gasteiger partial charge in [-0.25, -0.2) is 0 Å². The highest BCUT2D eigenvalue weighted by Gasteiger charge is 2.00. The van der Waals surface area contributed by atoms with Gasteiger partial charge >= 0.3 is 0 Å².